The number of nitrogens with one attached hydrogen (secondary N) is 1. The van der Waals surface area contributed by atoms with Crippen molar-refractivity contribution in [2.45, 2.75) is 4.90 Å². The summed E-state index contributed by atoms with van der Waals surface area (Å²) in [6.07, 6.45) is 0. The largest absolute Gasteiger partial charge is 0.493 e. The first kappa shape index (κ1) is 17.2. The zero-order chi connectivity index (χ0) is 15.9. The van der Waals surface area contributed by atoms with Crippen LogP contribution in [0.3, 0.4) is 0 Å². The lowest BCUT2D eigenvalue weighted by Crippen LogP contribution is -2.28. The van der Waals surface area contributed by atoms with Gasteiger partial charge >= 0.3 is 5.97 Å². The minimum atomic E-state index is -3.73. The van der Waals surface area contributed by atoms with E-state index in [1.54, 1.807) is 0 Å². The molecule has 1 aromatic carbocycles. The van der Waals surface area contributed by atoms with Crippen LogP contribution in [0.4, 0.5) is 0 Å². The van der Waals surface area contributed by atoms with Crippen molar-refractivity contribution >= 4 is 16.0 Å². The molecule has 1 rings (SSSR count). The van der Waals surface area contributed by atoms with Gasteiger partial charge in [-0.25, -0.2) is 17.9 Å². The Hall–Kier alpha value is -1.84. The van der Waals surface area contributed by atoms with Crippen molar-refractivity contribution in [1.29, 1.82) is 0 Å². The second-order valence-electron chi connectivity index (χ2n) is 3.86. The lowest BCUT2D eigenvalue weighted by molar-refractivity contribution is -0.142. The van der Waals surface area contributed by atoms with E-state index in [1.165, 1.54) is 32.4 Å². The molecule has 0 aliphatic heterocycles. The van der Waals surface area contributed by atoms with Gasteiger partial charge in [0.05, 0.1) is 25.7 Å². The second-order valence-corrected chi connectivity index (χ2v) is 5.63. The van der Waals surface area contributed by atoms with Crippen molar-refractivity contribution in [3.63, 3.8) is 0 Å². The number of carboxylic acids is 1. The van der Waals surface area contributed by atoms with Crippen LogP contribution in [0.15, 0.2) is 23.1 Å². The van der Waals surface area contributed by atoms with Crippen molar-refractivity contribution < 1.29 is 32.5 Å². The summed E-state index contributed by atoms with van der Waals surface area (Å²) in [5.41, 5.74) is 0. The molecule has 9 heteroatoms. The van der Waals surface area contributed by atoms with Crippen LogP contribution in [0.25, 0.3) is 0 Å². The number of aliphatic carboxylic acids is 1. The first-order valence-corrected chi connectivity index (χ1v) is 7.40. The van der Waals surface area contributed by atoms with E-state index in [9.17, 15) is 13.2 Å². The molecule has 0 atom stereocenters. The Morgan fingerprint density at radius 3 is 2.48 bits per heavy atom. The number of sulfonamides is 1. The second kappa shape index (κ2) is 7.81. The molecular formula is C12H17NO7S. The van der Waals surface area contributed by atoms with Crippen LogP contribution in [-0.2, 0) is 19.6 Å². The maximum absolute atomic E-state index is 12.0. The molecule has 8 nitrogen and oxygen atoms in total. The van der Waals surface area contributed by atoms with Gasteiger partial charge in [-0.2, -0.15) is 0 Å². The van der Waals surface area contributed by atoms with Gasteiger partial charge in [0.25, 0.3) is 0 Å². The van der Waals surface area contributed by atoms with Gasteiger partial charge in [0, 0.05) is 12.6 Å². The van der Waals surface area contributed by atoms with Crippen molar-refractivity contribution in [2.75, 3.05) is 34.0 Å². The summed E-state index contributed by atoms with van der Waals surface area (Å²) < 4.78 is 41.1. The first-order valence-electron chi connectivity index (χ1n) is 5.92. The van der Waals surface area contributed by atoms with Crippen molar-refractivity contribution in [1.82, 2.24) is 4.72 Å². The number of ether oxygens (including phenoxy) is 3. The Kier molecular flexibility index (Phi) is 6.40. The smallest absolute Gasteiger partial charge is 0.329 e. The lowest BCUT2D eigenvalue weighted by atomic mass is 10.3. The van der Waals surface area contributed by atoms with E-state index in [1.807, 2.05) is 0 Å². The molecule has 0 aliphatic carbocycles. The predicted molar refractivity (Wildman–Crippen MR) is 73.2 cm³/mol. The monoisotopic (exact) mass is 319 g/mol. The molecule has 0 bridgehead atoms. The highest BCUT2D eigenvalue weighted by atomic mass is 32.2. The van der Waals surface area contributed by atoms with Crippen molar-refractivity contribution in [3.05, 3.63) is 18.2 Å². The van der Waals surface area contributed by atoms with E-state index >= 15 is 0 Å². The maximum atomic E-state index is 12.0. The molecule has 0 saturated heterocycles. The van der Waals surface area contributed by atoms with E-state index in [2.05, 4.69) is 4.72 Å². The van der Waals surface area contributed by atoms with Crippen LogP contribution in [0.5, 0.6) is 11.5 Å². The molecule has 0 aromatic heterocycles. The van der Waals surface area contributed by atoms with Crippen LogP contribution in [0.2, 0.25) is 0 Å². The molecule has 2 N–H and O–H groups in total. The van der Waals surface area contributed by atoms with Gasteiger partial charge in [0.15, 0.2) is 11.5 Å². The Morgan fingerprint density at radius 2 is 1.90 bits per heavy atom. The molecule has 0 heterocycles. The third-order valence-corrected chi connectivity index (χ3v) is 3.89. The van der Waals surface area contributed by atoms with Crippen molar-refractivity contribution in [3.8, 4) is 11.5 Å². The number of carbonyl (C=O) groups is 1. The summed E-state index contributed by atoms with van der Waals surface area (Å²) in [6.45, 7) is -0.555. The summed E-state index contributed by atoms with van der Waals surface area (Å²) in [7, 11) is -0.879. The molecular weight excluding hydrogens is 302 g/mol. The Labute approximate surface area is 122 Å². The standard InChI is InChI=1S/C12H17NO7S/c1-18-10-4-3-9(7-11(10)19-2)21(16,17)13-5-6-20-8-12(14)15/h3-4,7,13H,5-6,8H2,1-2H3,(H,14,15). The molecule has 0 spiro atoms. The Morgan fingerprint density at radius 1 is 1.24 bits per heavy atom. The number of carboxylic acid groups (broad SMARTS) is 1. The van der Waals surface area contributed by atoms with Crippen LogP contribution < -0.4 is 14.2 Å². The zero-order valence-electron chi connectivity index (χ0n) is 11.7. The fourth-order valence-corrected chi connectivity index (χ4v) is 2.50. The van der Waals surface area contributed by atoms with E-state index in [0.717, 1.165) is 0 Å². The highest BCUT2D eigenvalue weighted by molar-refractivity contribution is 7.89. The molecule has 1 aromatic rings. The summed E-state index contributed by atoms with van der Waals surface area (Å²) in [5, 5.41) is 8.37. The van der Waals surface area contributed by atoms with Gasteiger partial charge in [-0.1, -0.05) is 0 Å². The third kappa shape index (κ3) is 5.21. The topological polar surface area (TPSA) is 111 Å². The van der Waals surface area contributed by atoms with Gasteiger partial charge in [0.1, 0.15) is 6.61 Å². The summed E-state index contributed by atoms with van der Waals surface area (Å²) in [5.74, 6) is -0.401. The summed E-state index contributed by atoms with van der Waals surface area (Å²) in [4.78, 5) is 10.2. The van der Waals surface area contributed by atoms with Crippen LogP contribution in [-0.4, -0.2) is 53.5 Å². The number of methoxy groups -OCH3 is 2. The van der Waals surface area contributed by atoms with Gasteiger partial charge in [-0.3, -0.25) is 0 Å². The molecule has 0 saturated carbocycles. The zero-order valence-corrected chi connectivity index (χ0v) is 12.5. The highest BCUT2D eigenvalue weighted by Crippen LogP contribution is 2.29. The quantitative estimate of drug-likeness (QED) is 0.620. The van der Waals surface area contributed by atoms with Gasteiger partial charge in [-0.15, -0.1) is 0 Å². The summed E-state index contributed by atoms with van der Waals surface area (Å²) in [6, 6.07) is 4.19. The average Bonchev–Trinajstić information content (AvgIpc) is 2.45. The fourth-order valence-electron chi connectivity index (χ4n) is 1.47. The van der Waals surface area contributed by atoms with Crippen molar-refractivity contribution in [2.24, 2.45) is 0 Å². The number of hydrogen-bond acceptors (Lipinski definition) is 6. The Balaban J connectivity index is 2.68. The van der Waals surface area contributed by atoms with Gasteiger partial charge in [0.2, 0.25) is 10.0 Å². The van der Waals surface area contributed by atoms with Crippen LogP contribution >= 0.6 is 0 Å². The fraction of sp³-hybridized carbons (Fsp3) is 0.417. The lowest BCUT2D eigenvalue weighted by Gasteiger charge is -2.11. The van der Waals surface area contributed by atoms with Crippen LogP contribution in [0.1, 0.15) is 0 Å². The van der Waals surface area contributed by atoms with E-state index in [0.29, 0.717) is 11.5 Å². The molecule has 0 fully saturated rings. The molecule has 0 unspecified atom stereocenters. The molecule has 0 aliphatic rings. The van der Waals surface area contributed by atoms with Gasteiger partial charge < -0.3 is 19.3 Å². The molecule has 0 amide bonds. The van der Waals surface area contributed by atoms with E-state index in [-0.39, 0.29) is 18.0 Å². The first-order chi connectivity index (χ1) is 9.90. The molecule has 118 valence electrons. The third-order valence-electron chi connectivity index (χ3n) is 2.43. The summed E-state index contributed by atoms with van der Waals surface area (Å²) >= 11 is 0. The minimum absolute atomic E-state index is 0.0124. The predicted octanol–water partition coefficient (Wildman–Crippen LogP) is 0.0833. The number of benzene rings is 1. The number of hydrogen-bond donors (Lipinski definition) is 2. The minimum Gasteiger partial charge on any atom is -0.493 e. The SMILES string of the molecule is COc1ccc(S(=O)(=O)NCCOCC(=O)O)cc1OC. The average molecular weight is 319 g/mol. The molecule has 0 radical (unpaired) electrons. The normalized spacial score (nSPS) is 11.1. The van der Waals surface area contributed by atoms with Gasteiger partial charge in [-0.05, 0) is 12.1 Å². The van der Waals surface area contributed by atoms with E-state index < -0.39 is 22.6 Å². The van der Waals surface area contributed by atoms with Crippen LogP contribution in [0, 0.1) is 0 Å². The molecule has 21 heavy (non-hydrogen) atoms. The highest BCUT2D eigenvalue weighted by Gasteiger charge is 2.16. The maximum Gasteiger partial charge on any atom is 0.329 e. The Bertz CT molecular complexity index is 585. The van der Waals surface area contributed by atoms with E-state index in [4.69, 9.17) is 19.3 Å². The number of rotatable bonds is 9.